The Hall–Kier alpha value is -2.08. The van der Waals surface area contributed by atoms with Gasteiger partial charge in [-0.3, -0.25) is 9.59 Å². The van der Waals surface area contributed by atoms with Crippen LogP contribution in [-0.2, 0) is 9.59 Å². The maximum absolute atomic E-state index is 11.1. The highest BCUT2D eigenvalue weighted by Gasteiger charge is 2.16. The van der Waals surface area contributed by atoms with Gasteiger partial charge < -0.3 is 21.1 Å². The Labute approximate surface area is 91.8 Å². The average Bonchev–Trinajstić information content (AvgIpc) is 2.28. The third kappa shape index (κ3) is 2.12. The van der Waals surface area contributed by atoms with Gasteiger partial charge in [0.15, 0.2) is 6.61 Å². The Morgan fingerprint density at radius 1 is 1.56 bits per heavy atom. The number of amides is 2. The first kappa shape index (κ1) is 10.4. The first-order valence-electron chi connectivity index (χ1n) is 4.75. The molecule has 6 heteroatoms. The maximum atomic E-state index is 11.1. The summed E-state index contributed by atoms with van der Waals surface area (Å²) in [6.45, 7) is -0.0680. The highest BCUT2D eigenvalue weighted by Crippen LogP contribution is 2.30. The van der Waals surface area contributed by atoms with Gasteiger partial charge in [-0.05, 0) is 18.2 Å². The van der Waals surface area contributed by atoms with Crippen molar-refractivity contribution in [3.05, 3.63) is 18.2 Å². The van der Waals surface area contributed by atoms with E-state index in [4.69, 9.17) is 10.5 Å². The monoisotopic (exact) mass is 221 g/mol. The number of carbonyl (C=O) groups excluding carboxylic acids is 2. The van der Waals surface area contributed by atoms with Crippen molar-refractivity contribution < 1.29 is 14.3 Å². The molecule has 0 unspecified atom stereocenters. The van der Waals surface area contributed by atoms with Crippen molar-refractivity contribution in [1.82, 2.24) is 0 Å². The van der Waals surface area contributed by atoms with Gasteiger partial charge in [0, 0.05) is 5.69 Å². The van der Waals surface area contributed by atoms with Crippen LogP contribution in [-0.4, -0.2) is 25.0 Å². The molecule has 0 aliphatic carbocycles. The molecule has 0 atom stereocenters. The van der Waals surface area contributed by atoms with E-state index in [9.17, 15) is 9.59 Å². The minimum absolute atomic E-state index is 0.0154. The molecular formula is C10H11N3O3. The molecule has 16 heavy (non-hydrogen) atoms. The molecule has 6 nitrogen and oxygen atoms in total. The molecule has 0 aromatic heterocycles. The summed E-state index contributed by atoms with van der Waals surface area (Å²) in [4.78, 5) is 22.1. The molecule has 1 heterocycles. The second kappa shape index (κ2) is 4.19. The van der Waals surface area contributed by atoms with Crippen LogP contribution in [0.25, 0.3) is 0 Å². The van der Waals surface area contributed by atoms with Crippen molar-refractivity contribution >= 4 is 23.2 Å². The summed E-state index contributed by atoms with van der Waals surface area (Å²) < 4.78 is 5.17. The molecule has 1 aromatic rings. The Morgan fingerprint density at radius 3 is 3.12 bits per heavy atom. The van der Waals surface area contributed by atoms with E-state index >= 15 is 0 Å². The van der Waals surface area contributed by atoms with Crippen molar-refractivity contribution in [1.29, 1.82) is 0 Å². The number of hydrogen-bond donors (Lipinski definition) is 3. The van der Waals surface area contributed by atoms with Crippen LogP contribution in [0, 0.1) is 0 Å². The van der Waals surface area contributed by atoms with Crippen LogP contribution in [0.5, 0.6) is 5.75 Å². The summed E-state index contributed by atoms with van der Waals surface area (Å²) in [6.07, 6.45) is 0. The number of fused-ring (bicyclic) bond motifs is 1. The normalized spacial score (nSPS) is 13.4. The van der Waals surface area contributed by atoms with Crippen LogP contribution in [0.15, 0.2) is 18.2 Å². The zero-order valence-electron chi connectivity index (χ0n) is 8.45. The van der Waals surface area contributed by atoms with Crippen LogP contribution in [0.2, 0.25) is 0 Å². The lowest BCUT2D eigenvalue weighted by atomic mass is 10.2. The lowest BCUT2D eigenvalue weighted by Crippen LogP contribution is -2.26. The van der Waals surface area contributed by atoms with E-state index in [1.807, 2.05) is 0 Å². The van der Waals surface area contributed by atoms with Gasteiger partial charge in [-0.1, -0.05) is 0 Å². The molecule has 4 N–H and O–H groups in total. The molecule has 0 saturated heterocycles. The molecule has 1 aliphatic rings. The lowest BCUT2D eigenvalue weighted by Gasteiger charge is -2.18. The molecule has 84 valence electrons. The standard InChI is InChI=1S/C10H11N3O3/c11-4-9(14)12-6-1-2-8-7(3-6)13-10(15)5-16-8/h1-3H,4-5,11H2,(H,12,14)(H,13,15). The summed E-state index contributed by atoms with van der Waals surface area (Å²) in [5.41, 5.74) is 6.29. The zero-order valence-corrected chi connectivity index (χ0v) is 8.45. The molecule has 0 radical (unpaired) electrons. The highest BCUT2D eigenvalue weighted by molar-refractivity contribution is 5.97. The van der Waals surface area contributed by atoms with Crippen molar-refractivity contribution in [2.75, 3.05) is 23.8 Å². The third-order valence-electron chi connectivity index (χ3n) is 2.08. The number of benzene rings is 1. The van der Waals surface area contributed by atoms with Gasteiger partial charge in [-0.2, -0.15) is 0 Å². The number of hydrogen-bond acceptors (Lipinski definition) is 4. The summed E-state index contributed by atoms with van der Waals surface area (Å²) >= 11 is 0. The van der Waals surface area contributed by atoms with E-state index < -0.39 is 0 Å². The highest BCUT2D eigenvalue weighted by atomic mass is 16.5. The number of rotatable bonds is 2. The second-order valence-corrected chi connectivity index (χ2v) is 3.30. The number of nitrogens with two attached hydrogens (primary N) is 1. The molecule has 1 aromatic carbocycles. The summed E-state index contributed by atoms with van der Waals surface area (Å²) in [7, 11) is 0. The van der Waals surface area contributed by atoms with Gasteiger partial charge in [0.2, 0.25) is 5.91 Å². The molecule has 0 bridgehead atoms. The predicted octanol–water partition coefficient (Wildman–Crippen LogP) is -0.0853. The topological polar surface area (TPSA) is 93.5 Å². The van der Waals surface area contributed by atoms with E-state index in [1.165, 1.54) is 0 Å². The minimum atomic E-state index is -0.289. The Bertz CT molecular complexity index is 445. The summed E-state index contributed by atoms with van der Waals surface area (Å²) in [5, 5.41) is 5.23. The number of carbonyl (C=O) groups is 2. The van der Waals surface area contributed by atoms with Crippen LogP contribution in [0.3, 0.4) is 0 Å². The minimum Gasteiger partial charge on any atom is -0.482 e. The van der Waals surface area contributed by atoms with Crippen LogP contribution < -0.4 is 21.1 Å². The second-order valence-electron chi connectivity index (χ2n) is 3.30. The van der Waals surface area contributed by atoms with E-state index in [0.717, 1.165) is 0 Å². The van der Waals surface area contributed by atoms with E-state index in [1.54, 1.807) is 18.2 Å². The van der Waals surface area contributed by atoms with Gasteiger partial charge in [0.1, 0.15) is 5.75 Å². The Morgan fingerprint density at radius 2 is 2.38 bits per heavy atom. The fourth-order valence-electron chi connectivity index (χ4n) is 1.37. The van der Waals surface area contributed by atoms with E-state index in [-0.39, 0.29) is 25.0 Å². The van der Waals surface area contributed by atoms with Crippen LogP contribution >= 0.6 is 0 Å². The summed E-state index contributed by atoms with van der Waals surface area (Å²) in [6, 6.07) is 4.99. The van der Waals surface area contributed by atoms with Gasteiger partial charge in [0.05, 0.1) is 12.2 Å². The van der Waals surface area contributed by atoms with Crippen molar-refractivity contribution in [2.45, 2.75) is 0 Å². The smallest absolute Gasteiger partial charge is 0.262 e. The van der Waals surface area contributed by atoms with Gasteiger partial charge in [-0.15, -0.1) is 0 Å². The molecule has 1 aliphatic heterocycles. The third-order valence-corrected chi connectivity index (χ3v) is 2.08. The zero-order chi connectivity index (χ0) is 11.5. The van der Waals surface area contributed by atoms with Gasteiger partial charge in [0.25, 0.3) is 5.91 Å². The van der Waals surface area contributed by atoms with E-state index in [2.05, 4.69) is 10.6 Å². The molecule has 0 fully saturated rings. The largest absolute Gasteiger partial charge is 0.482 e. The van der Waals surface area contributed by atoms with Crippen molar-refractivity contribution in [3.63, 3.8) is 0 Å². The molecular weight excluding hydrogens is 210 g/mol. The first-order chi connectivity index (χ1) is 7.69. The van der Waals surface area contributed by atoms with Crippen molar-refractivity contribution in [3.8, 4) is 5.75 Å². The lowest BCUT2D eigenvalue weighted by molar-refractivity contribution is -0.118. The van der Waals surface area contributed by atoms with Crippen molar-refractivity contribution in [2.24, 2.45) is 5.73 Å². The Balaban J connectivity index is 2.21. The molecule has 0 spiro atoms. The van der Waals surface area contributed by atoms with Gasteiger partial charge in [-0.25, -0.2) is 0 Å². The maximum Gasteiger partial charge on any atom is 0.262 e. The Kier molecular flexibility index (Phi) is 2.74. The van der Waals surface area contributed by atoms with Crippen LogP contribution in [0.1, 0.15) is 0 Å². The predicted molar refractivity (Wildman–Crippen MR) is 58.3 cm³/mol. The molecule has 2 amide bonds. The molecule has 0 saturated carbocycles. The number of nitrogens with one attached hydrogen (secondary N) is 2. The SMILES string of the molecule is NCC(=O)Nc1ccc2c(c1)NC(=O)CO2. The number of anilines is 2. The summed E-state index contributed by atoms with van der Waals surface area (Å²) in [5.74, 6) is 0.0863. The quantitative estimate of drug-likeness (QED) is 0.650. The first-order valence-corrected chi connectivity index (χ1v) is 4.75. The van der Waals surface area contributed by atoms with Gasteiger partial charge >= 0.3 is 0 Å². The van der Waals surface area contributed by atoms with Crippen LogP contribution in [0.4, 0.5) is 11.4 Å². The fraction of sp³-hybridized carbons (Fsp3) is 0.200. The average molecular weight is 221 g/mol. The van der Waals surface area contributed by atoms with E-state index in [0.29, 0.717) is 17.1 Å². The molecule has 2 rings (SSSR count). The fourth-order valence-corrected chi connectivity index (χ4v) is 1.37. The number of ether oxygens (including phenoxy) is 1.